The van der Waals surface area contributed by atoms with Gasteiger partial charge in [0.2, 0.25) is 0 Å². The SMILES string of the molecule is C[C@H]1C[C@@H](CO)[C@](N)(C2CCCCCCC2)CO1. The molecule has 1 saturated carbocycles. The van der Waals surface area contributed by atoms with Gasteiger partial charge in [0.25, 0.3) is 0 Å². The van der Waals surface area contributed by atoms with Crippen molar-refractivity contribution in [2.24, 2.45) is 17.6 Å². The molecule has 3 nitrogen and oxygen atoms in total. The standard InChI is InChI=1S/C15H29NO2/c1-12-9-14(10-17)15(16,11-18-12)13-7-5-3-2-4-6-8-13/h12-14,17H,2-11,16H2,1H3/t12-,14-,15+/m0/s1. The molecule has 1 heterocycles. The van der Waals surface area contributed by atoms with Crippen LogP contribution in [0.15, 0.2) is 0 Å². The molecule has 3 atom stereocenters. The number of hydrogen-bond donors (Lipinski definition) is 2. The maximum absolute atomic E-state index is 9.67. The summed E-state index contributed by atoms with van der Waals surface area (Å²) in [6, 6.07) is 0. The van der Waals surface area contributed by atoms with Crippen molar-refractivity contribution in [1.29, 1.82) is 0 Å². The quantitative estimate of drug-likeness (QED) is 0.797. The number of hydrogen-bond acceptors (Lipinski definition) is 3. The zero-order valence-electron chi connectivity index (χ0n) is 11.7. The van der Waals surface area contributed by atoms with Gasteiger partial charge >= 0.3 is 0 Å². The normalized spacial score (nSPS) is 40.2. The van der Waals surface area contributed by atoms with Crippen LogP contribution in [0.3, 0.4) is 0 Å². The molecule has 0 aromatic carbocycles. The molecule has 2 aliphatic rings. The molecule has 1 aliphatic heterocycles. The van der Waals surface area contributed by atoms with Gasteiger partial charge in [-0.05, 0) is 32.1 Å². The maximum atomic E-state index is 9.67. The summed E-state index contributed by atoms with van der Waals surface area (Å²) in [5.41, 5.74) is 6.39. The van der Waals surface area contributed by atoms with Gasteiger partial charge in [0.1, 0.15) is 0 Å². The third-order valence-electron chi connectivity index (χ3n) is 5.08. The molecule has 1 aliphatic carbocycles. The largest absolute Gasteiger partial charge is 0.396 e. The second kappa shape index (κ2) is 6.36. The molecular weight excluding hydrogens is 226 g/mol. The van der Waals surface area contributed by atoms with Crippen LogP contribution in [0.4, 0.5) is 0 Å². The summed E-state index contributed by atoms with van der Waals surface area (Å²) >= 11 is 0. The third-order valence-corrected chi connectivity index (χ3v) is 5.08. The highest BCUT2D eigenvalue weighted by Crippen LogP contribution is 2.39. The van der Waals surface area contributed by atoms with Crippen molar-refractivity contribution in [1.82, 2.24) is 0 Å². The molecule has 2 rings (SSSR count). The fourth-order valence-electron chi connectivity index (χ4n) is 3.78. The number of aliphatic hydroxyl groups excluding tert-OH is 1. The fraction of sp³-hybridized carbons (Fsp3) is 1.00. The molecule has 0 bridgehead atoms. The summed E-state index contributed by atoms with van der Waals surface area (Å²) in [6.07, 6.45) is 10.2. The number of aliphatic hydroxyl groups is 1. The van der Waals surface area contributed by atoms with Gasteiger partial charge in [-0.1, -0.05) is 32.1 Å². The van der Waals surface area contributed by atoms with Gasteiger partial charge in [0, 0.05) is 18.1 Å². The fourth-order valence-corrected chi connectivity index (χ4v) is 3.78. The van der Waals surface area contributed by atoms with Crippen LogP contribution >= 0.6 is 0 Å². The molecule has 3 N–H and O–H groups in total. The van der Waals surface area contributed by atoms with Crippen molar-refractivity contribution in [3.63, 3.8) is 0 Å². The van der Waals surface area contributed by atoms with Crippen LogP contribution in [0.2, 0.25) is 0 Å². The molecule has 0 radical (unpaired) electrons. The van der Waals surface area contributed by atoms with Crippen LogP contribution in [-0.2, 0) is 4.74 Å². The average molecular weight is 255 g/mol. The molecule has 106 valence electrons. The smallest absolute Gasteiger partial charge is 0.0656 e. The van der Waals surface area contributed by atoms with Crippen LogP contribution in [-0.4, -0.2) is 30.0 Å². The number of rotatable bonds is 2. The van der Waals surface area contributed by atoms with Crippen molar-refractivity contribution >= 4 is 0 Å². The van der Waals surface area contributed by atoms with Gasteiger partial charge in [-0.3, -0.25) is 0 Å². The summed E-state index contributed by atoms with van der Waals surface area (Å²) in [7, 11) is 0. The van der Waals surface area contributed by atoms with E-state index in [4.69, 9.17) is 10.5 Å². The molecule has 18 heavy (non-hydrogen) atoms. The first kappa shape index (κ1) is 14.3. The van der Waals surface area contributed by atoms with E-state index in [1.165, 1.54) is 44.9 Å². The lowest BCUT2D eigenvalue weighted by atomic mass is 9.68. The highest BCUT2D eigenvalue weighted by atomic mass is 16.5. The van der Waals surface area contributed by atoms with Gasteiger partial charge in [-0.15, -0.1) is 0 Å². The van der Waals surface area contributed by atoms with E-state index in [0.717, 1.165) is 6.42 Å². The zero-order valence-corrected chi connectivity index (χ0v) is 11.7. The third kappa shape index (κ3) is 3.06. The molecule has 0 spiro atoms. The Morgan fingerprint density at radius 1 is 1.17 bits per heavy atom. The second-order valence-electron chi connectivity index (χ2n) is 6.39. The Morgan fingerprint density at radius 2 is 1.78 bits per heavy atom. The van der Waals surface area contributed by atoms with Gasteiger partial charge < -0.3 is 15.6 Å². The monoisotopic (exact) mass is 255 g/mol. The minimum Gasteiger partial charge on any atom is -0.396 e. The molecule has 0 amide bonds. The molecule has 0 aromatic rings. The molecule has 0 unspecified atom stereocenters. The Kier molecular flexibility index (Phi) is 5.05. The average Bonchev–Trinajstić information content (AvgIpc) is 2.31. The van der Waals surface area contributed by atoms with E-state index < -0.39 is 0 Å². The first-order valence-corrected chi connectivity index (χ1v) is 7.68. The second-order valence-corrected chi connectivity index (χ2v) is 6.39. The van der Waals surface area contributed by atoms with E-state index in [1.807, 2.05) is 0 Å². The van der Waals surface area contributed by atoms with Crippen LogP contribution in [0, 0.1) is 11.8 Å². The first-order valence-electron chi connectivity index (χ1n) is 7.68. The van der Waals surface area contributed by atoms with Crippen molar-refractivity contribution in [2.75, 3.05) is 13.2 Å². The predicted molar refractivity (Wildman–Crippen MR) is 73.3 cm³/mol. The number of ether oxygens (including phenoxy) is 1. The van der Waals surface area contributed by atoms with Gasteiger partial charge in [-0.25, -0.2) is 0 Å². The van der Waals surface area contributed by atoms with E-state index in [1.54, 1.807) is 0 Å². The lowest BCUT2D eigenvalue weighted by Crippen LogP contribution is -2.61. The number of nitrogens with two attached hydrogens (primary N) is 1. The van der Waals surface area contributed by atoms with Crippen LogP contribution in [0.25, 0.3) is 0 Å². The first-order chi connectivity index (χ1) is 8.66. The Morgan fingerprint density at radius 3 is 2.39 bits per heavy atom. The van der Waals surface area contributed by atoms with E-state index >= 15 is 0 Å². The van der Waals surface area contributed by atoms with E-state index in [0.29, 0.717) is 12.5 Å². The van der Waals surface area contributed by atoms with Crippen LogP contribution < -0.4 is 5.73 Å². The van der Waals surface area contributed by atoms with Crippen molar-refractivity contribution in [3.05, 3.63) is 0 Å². The Labute approximate surface area is 111 Å². The van der Waals surface area contributed by atoms with Crippen molar-refractivity contribution in [2.45, 2.75) is 69.9 Å². The molecular formula is C15H29NO2. The highest BCUT2D eigenvalue weighted by molar-refractivity contribution is 5.00. The molecule has 3 heteroatoms. The Bertz CT molecular complexity index is 251. The summed E-state index contributed by atoms with van der Waals surface area (Å²) < 4.78 is 5.81. The van der Waals surface area contributed by atoms with E-state index in [-0.39, 0.29) is 24.2 Å². The maximum Gasteiger partial charge on any atom is 0.0656 e. The summed E-state index contributed by atoms with van der Waals surface area (Å²) in [5.74, 6) is 0.744. The minimum atomic E-state index is -0.293. The molecule has 2 fully saturated rings. The Balaban J connectivity index is 2.06. The summed E-state index contributed by atoms with van der Waals surface area (Å²) in [5, 5.41) is 9.67. The van der Waals surface area contributed by atoms with Crippen molar-refractivity contribution in [3.8, 4) is 0 Å². The van der Waals surface area contributed by atoms with Crippen LogP contribution in [0.5, 0.6) is 0 Å². The van der Waals surface area contributed by atoms with Gasteiger partial charge in [-0.2, -0.15) is 0 Å². The highest BCUT2D eigenvalue weighted by Gasteiger charge is 2.45. The molecule has 0 aromatic heterocycles. The summed E-state index contributed by atoms with van der Waals surface area (Å²) in [4.78, 5) is 0. The topological polar surface area (TPSA) is 55.5 Å². The van der Waals surface area contributed by atoms with Crippen molar-refractivity contribution < 1.29 is 9.84 Å². The van der Waals surface area contributed by atoms with Gasteiger partial charge in [0.15, 0.2) is 0 Å². The zero-order chi connectivity index (χ0) is 13.0. The minimum absolute atomic E-state index is 0.209. The Hall–Kier alpha value is -0.120. The lowest BCUT2D eigenvalue weighted by Gasteiger charge is -2.48. The van der Waals surface area contributed by atoms with E-state index in [2.05, 4.69) is 6.92 Å². The lowest BCUT2D eigenvalue weighted by molar-refractivity contribution is -0.0881. The van der Waals surface area contributed by atoms with Gasteiger partial charge in [0.05, 0.1) is 12.7 Å². The van der Waals surface area contributed by atoms with Crippen LogP contribution in [0.1, 0.15) is 58.3 Å². The predicted octanol–water partition coefficient (Wildman–Crippen LogP) is 2.46. The molecule has 1 saturated heterocycles. The summed E-state index contributed by atoms with van der Waals surface area (Å²) in [6.45, 7) is 2.92. The van der Waals surface area contributed by atoms with E-state index in [9.17, 15) is 5.11 Å².